The molecule has 0 amide bonds. The summed E-state index contributed by atoms with van der Waals surface area (Å²) in [7, 11) is 0. The molecule has 0 heterocycles. The summed E-state index contributed by atoms with van der Waals surface area (Å²) in [6.45, 7) is 3.93. The minimum absolute atomic E-state index is 0.0265. The third-order valence-electron chi connectivity index (χ3n) is 3.21. The molecule has 0 saturated heterocycles. The van der Waals surface area contributed by atoms with Crippen molar-refractivity contribution in [3.63, 3.8) is 0 Å². The number of rotatable bonds is 4. The third-order valence-corrected chi connectivity index (χ3v) is 3.21. The molecular formula is C19H17NO2. The fourth-order valence-corrected chi connectivity index (χ4v) is 2.27. The van der Waals surface area contributed by atoms with Crippen LogP contribution in [-0.2, 0) is 9.53 Å². The standard InChI is InChI=1S/C19H17NO2/c1-3-22-19(21)17(13-20)18(15-9-5-4-6-10-15)16-11-7-8-14(2)12-16/h4-12H,3H2,1-2H3/b18-17-. The number of carbonyl (C=O) groups is 1. The molecule has 0 saturated carbocycles. The quantitative estimate of drug-likeness (QED) is 0.488. The van der Waals surface area contributed by atoms with E-state index in [1.165, 1.54) is 0 Å². The second-order valence-corrected chi connectivity index (χ2v) is 4.82. The Morgan fingerprint density at radius 3 is 2.36 bits per heavy atom. The van der Waals surface area contributed by atoms with Crippen LogP contribution in [0.25, 0.3) is 5.57 Å². The van der Waals surface area contributed by atoms with Crippen LogP contribution in [0.4, 0.5) is 0 Å². The highest BCUT2D eigenvalue weighted by molar-refractivity contribution is 6.05. The van der Waals surface area contributed by atoms with Crippen molar-refractivity contribution in [1.29, 1.82) is 5.26 Å². The Bertz CT molecular complexity index is 740. The Morgan fingerprint density at radius 1 is 1.09 bits per heavy atom. The summed E-state index contributed by atoms with van der Waals surface area (Å²) in [5.74, 6) is -0.592. The number of aryl methyl sites for hydroxylation is 1. The predicted octanol–water partition coefficient (Wildman–Crippen LogP) is 3.88. The lowest BCUT2D eigenvalue weighted by Gasteiger charge is -2.12. The van der Waals surface area contributed by atoms with Crippen LogP contribution < -0.4 is 0 Å². The number of benzene rings is 2. The van der Waals surface area contributed by atoms with Gasteiger partial charge >= 0.3 is 5.97 Å². The normalized spacial score (nSPS) is 11.3. The molecule has 0 aromatic heterocycles. The summed E-state index contributed by atoms with van der Waals surface area (Å²) < 4.78 is 5.03. The van der Waals surface area contributed by atoms with Crippen molar-refractivity contribution in [2.24, 2.45) is 0 Å². The SMILES string of the molecule is CCOC(=O)/C(C#N)=C(/c1ccccc1)c1cccc(C)c1. The molecule has 3 nitrogen and oxygen atoms in total. The van der Waals surface area contributed by atoms with Crippen molar-refractivity contribution >= 4 is 11.5 Å². The summed E-state index contributed by atoms with van der Waals surface area (Å²) in [4.78, 5) is 12.1. The minimum atomic E-state index is -0.592. The predicted molar refractivity (Wildman–Crippen MR) is 85.9 cm³/mol. The molecule has 0 bridgehead atoms. The van der Waals surface area contributed by atoms with Crippen LogP contribution in [-0.4, -0.2) is 12.6 Å². The molecular weight excluding hydrogens is 274 g/mol. The van der Waals surface area contributed by atoms with E-state index in [2.05, 4.69) is 0 Å². The number of esters is 1. The lowest BCUT2D eigenvalue weighted by molar-refractivity contribution is -0.137. The maximum absolute atomic E-state index is 12.1. The van der Waals surface area contributed by atoms with Gasteiger partial charge in [0.05, 0.1) is 6.61 Å². The first-order valence-electron chi connectivity index (χ1n) is 7.11. The molecule has 2 aromatic carbocycles. The highest BCUT2D eigenvalue weighted by atomic mass is 16.5. The van der Waals surface area contributed by atoms with Crippen LogP contribution >= 0.6 is 0 Å². The average molecular weight is 291 g/mol. The van der Waals surface area contributed by atoms with E-state index in [4.69, 9.17) is 4.74 Å². The van der Waals surface area contributed by atoms with Crippen LogP contribution in [0, 0.1) is 18.3 Å². The fraction of sp³-hybridized carbons (Fsp3) is 0.158. The van der Waals surface area contributed by atoms with Crippen molar-refractivity contribution in [3.8, 4) is 6.07 Å². The summed E-state index contributed by atoms with van der Waals surface area (Å²) in [5, 5.41) is 9.48. The van der Waals surface area contributed by atoms with Gasteiger partial charge in [0.2, 0.25) is 0 Å². The van der Waals surface area contributed by atoms with Crippen molar-refractivity contribution in [2.45, 2.75) is 13.8 Å². The summed E-state index contributed by atoms with van der Waals surface area (Å²) in [6.07, 6.45) is 0. The highest BCUT2D eigenvalue weighted by Gasteiger charge is 2.19. The van der Waals surface area contributed by atoms with Gasteiger partial charge in [-0.1, -0.05) is 60.2 Å². The van der Waals surface area contributed by atoms with E-state index in [0.29, 0.717) is 5.57 Å². The first kappa shape index (κ1) is 15.5. The van der Waals surface area contributed by atoms with Crippen LogP contribution in [0.3, 0.4) is 0 Å². The van der Waals surface area contributed by atoms with Crippen molar-refractivity contribution in [3.05, 3.63) is 76.9 Å². The van der Waals surface area contributed by atoms with Gasteiger partial charge in [-0.25, -0.2) is 4.79 Å². The minimum Gasteiger partial charge on any atom is -0.462 e. The first-order valence-corrected chi connectivity index (χ1v) is 7.11. The summed E-state index contributed by atoms with van der Waals surface area (Å²) in [5.41, 5.74) is 3.34. The van der Waals surface area contributed by atoms with Crippen molar-refractivity contribution in [2.75, 3.05) is 6.61 Å². The molecule has 0 fully saturated rings. The lowest BCUT2D eigenvalue weighted by Crippen LogP contribution is -2.09. The number of hydrogen-bond donors (Lipinski definition) is 0. The van der Waals surface area contributed by atoms with Gasteiger partial charge in [-0.2, -0.15) is 5.26 Å². The van der Waals surface area contributed by atoms with Gasteiger partial charge in [-0.15, -0.1) is 0 Å². The van der Waals surface area contributed by atoms with E-state index in [0.717, 1.165) is 16.7 Å². The largest absolute Gasteiger partial charge is 0.462 e. The van der Waals surface area contributed by atoms with E-state index in [-0.39, 0.29) is 12.2 Å². The number of nitrogens with zero attached hydrogens (tertiary/aromatic N) is 1. The Morgan fingerprint density at radius 2 is 1.77 bits per heavy atom. The van der Waals surface area contributed by atoms with Gasteiger partial charge < -0.3 is 4.74 Å². The highest BCUT2D eigenvalue weighted by Crippen LogP contribution is 2.28. The number of ether oxygens (including phenoxy) is 1. The molecule has 2 aromatic rings. The molecule has 0 spiro atoms. The van der Waals surface area contributed by atoms with Crippen LogP contribution in [0.1, 0.15) is 23.6 Å². The molecule has 2 rings (SSSR count). The fourth-order valence-electron chi connectivity index (χ4n) is 2.27. The van der Waals surface area contributed by atoms with Gasteiger partial charge in [-0.3, -0.25) is 0 Å². The molecule has 22 heavy (non-hydrogen) atoms. The van der Waals surface area contributed by atoms with Crippen LogP contribution in [0.15, 0.2) is 60.2 Å². The third kappa shape index (κ3) is 3.42. The van der Waals surface area contributed by atoms with Gasteiger partial charge in [0.15, 0.2) is 0 Å². The number of hydrogen-bond acceptors (Lipinski definition) is 3. The number of carbonyl (C=O) groups excluding carboxylic acids is 1. The number of nitriles is 1. The summed E-state index contributed by atoms with van der Waals surface area (Å²) >= 11 is 0. The second kappa shape index (κ2) is 7.24. The van der Waals surface area contributed by atoms with Crippen molar-refractivity contribution in [1.82, 2.24) is 0 Å². The van der Waals surface area contributed by atoms with E-state index in [1.807, 2.05) is 67.6 Å². The van der Waals surface area contributed by atoms with Gasteiger partial charge in [0.1, 0.15) is 11.6 Å². The molecule has 0 aliphatic carbocycles. The van der Waals surface area contributed by atoms with Gasteiger partial charge in [0, 0.05) is 5.57 Å². The molecule has 0 aliphatic rings. The Kier molecular flexibility index (Phi) is 5.11. The zero-order valence-corrected chi connectivity index (χ0v) is 12.7. The van der Waals surface area contributed by atoms with E-state index in [1.54, 1.807) is 6.92 Å². The Balaban J connectivity index is 2.70. The van der Waals surface area contributed by atoms with Gasteiger partial charge in [0.25, 0.3) is 0 Å². The first-order chi connectivity index (χ1) is 10.7. The molecule has 0 N–H and O–H groups in total. The van der Waals surface area contributed by atoms with Crippen molar-refractivity contribution < 1.29 is 9.53 Å². The monoisotopic (exact) mass is 291 g/mol. The van der Waals surface area contributed by atoms with Crippen LogP contribution in [0.2, 0.25) is 0 Å². The van der Waals surface area contributed by atoms with E-state index >= 15 is 0 Å². The maximum Gasteiger partial charge on any atom is 0.349 e. The zero-order valence-electron chi connectivity index (χ0n) is 12.7. The molecule has 0 atom stereocenters. The van der Waals surface area contributed by atoms with E-state index in [9.17, 15) is 10.1 Å². The topological polar surface area (TPSA) is 50.1 Å². The molecule has 0 aliphatic heterocycles. The maximum atomic E-state index is 12.1. The molecule has 3 heteroatoms. The molecule has 0 radical (unpaired) electrons. The lowest BCUT2D eigenvalue weighted by atomic mass is 9.92. The molecule has 0 unspecified atom stereocenters. The smallest absolute Gasteiger partial charge is 0.349 e. The average Bonchev–Trinajstić information content (AvgIpc) is 2.53. The summed E-state index contributed by atoms with van der Waals surface area (Å²) in [6, 6.07) is 19.2. The Labute approximate surface area is 130 Å². The second-order valence-electron chi connectivity index (χ2n) is 4.82. The molecule has 110 valence electrons. The zero-order chi connectivity index (χ0) is 15.9. The Hall–Kier alpha value is -2.86. The van der Waals surface area contributed by atoms with E-state index < -0.39 is 5.97 Å². The van der Waals surface area contributed by atoms with Crippen LogP contribution in [0.5, 0.6) is 0 Å². The van der Waals surface area contributed by atoms with Gasteiger partial charge in [-0.05, 0) is 25.0 Å².